The Kier molecular flexibility index (Phi) is 8.87. The average molecular weight is 633 g/mol. The van der Waals surface area contributed by atoms with E-state index in [0.29, 0.717) is 54.5 Å². The molecule has 1 unspecified atom stereocenters. The van der Waals surface area contributed by atoms with Crippen molar-refractivity contribution in [1.82, 2.24) is 14.0 Å². The number of amides is 1. The Morgan fingerprint density at radius 3 is 2.38 bits per heavy atom. The van der Waals surface area contributed by atoms with Crippen molar-refractivity contribution in [2.75, 3.05) is 25.6 Å². The Morgan fingerprint density at radius 2 is 1.71 bits per heavy atom. The van der Waals surface area contributed by atoms with Crippen LogP contribution in [0.25, 0.3) is 5.57 Å². The van der Waals surface area contributed by atoms with E-state index in [2.05, 4.69) is 39.2 Å². The van der Waals surface area contributed by atoms with Crippen molar-refractivity contribution >= 4 is 25.5 Å². The molecule has 0 aliphatic carbocycles. The molecule has 0 bridgehead atoms. The second kappa shape index (κ2) is 12.4. The van der Waals surface area contributed by atoms with Crippen molar-refractivity contribution in [2.45, 2.75) is 64.0 Å². The van der Waals surface area contributed by atoms with E-state index in [1.807, 2.05) is 47.4 Å². The third kappa shape index (κ3) is 6.37. The highest BCUT2D eigenvalue weighted by Crippen LogP contribution is 2.40. The number of carbonyl (C=O) groups is 1. The van der Waals surface area contributed by atoms with Crippen LogP contribution in [0.5, 0.6) is 11.5 Å². The molecule has 0 saturated carbocycles. The lowest BCUT2D eigenvalue weighted by molar-refractivity contribution is 0.0558. The number of methoxy groups -OCH3 is 1. The standard InChI is InChI=1S/C34H44N4O6Si/c1-34(2,3)45(7,8)44-21-25-15-23(27-19-36(4)33(41)37(5)31(27)39)14-24-18-35-28-17-30(43-20-22-12-10-9-11-13-22)29(42-6)16-26(28)32(40)38(24)25/h9-13,15-17,19,24-25,35H,14,18,20-21H2,1-8H3/t24?,25-/m0/s1. The number of aryl methyl sites for hydroxylation is 1. The summed E-state index contributed by atoms with van der Waals surface area (Å²) in [6.07, 6.45) is 4.01. The summed E-state index contributed by atoms with van der Waals surface area (Å²) in [5.74, 6) is 0.847. The van der Waals surface area contributed by atoms with Crippen molar-refractivity contribution in [3.63, 3.8) is 0 Å². The van der Waals surface area contributed by atoms with E-state index in [0.717, 1.165) is 15.7 Å². The molecule has 11 heteroatoms. The van der Waals surface area contributed by atoms with Crippen LogP contribution in [-0.4, -0.2) is 60.6 Å². The first-order valence-corrected chi connectivity index (χ1v) is 18.2. The Labute approximate surface area is 265 Å². The molecule has 10 nitrogen and oxygen atoms in total. The summed E-state index contributed by atoms with van der Waals surface area (Å²) in [5, 5.41) is 3.46. The Morgan fingerprint density at radius 1 is 1.00 bits per heavy atom. The molecule has 45 heavy (non-hydrogen) atoms. The highest BCUT2D eigenvalue weighted by molar-refractivity contribution is 6.74. The van der Waals surface area contributed by atoms with Crippen LogP contribution in [-0.2, 0) is 25.1 Å². The Hall–Kier alpha value is -4.09. The molecule has 1 aromatic heterocycles. The number of hydrogen-bond donors (Lipinski definition) is 1. The molecule has 0 fully saturated rings. The van der Waals surface area contributed by atoms with Gasteiger partial charge in [0.1, 0.15) is 6.61 Å². The van der Waals surface area contributed by atoms with E-state index in [9.17, 15) is 14.4 Å². The van der Waals surface area contributed by atoms with E-state index < -0.39 is 14.4 Å². The lowest BCUT2D eigenvalue weighted by Gasteiger charge is -2.43. The third-order valence-electron chi connectivity index (χ3n) is 9.35. The molecular weight excluding hydrogens is 588 g/mol. The zero-order chi connectivity index (χ0) is 32.7. The monoisotopic (exact) mass is 632 g/mol. The number of nitrogens with zero attached hydrogens (tertiary/aromatic N) is 3. The summed E-state index contributed by atoms with van der Waals surface area (Å²) >= 11 is 0. The molecule has 0 radical (unpaired) electrons. The van der Waals surface area contributed by atoms with Gasteiger partial charge < -0.3 is 28.7 Å². The number of nitrogens with one attached hydrogen (secondary N) is 1. The number of anilines is 1. The first-order chi connectivity index (χ1) is 21.2. The van der Waals surface area contributed by atoms with Gasteiger partial charge in [0.2, 0.25) is 0 Å². The first kappa shape index (κ1) is 32.3. The summed E-state index contributed by atoms with van der Waals surface area (Å²) in [6, 6.07) is 12.7. The zero-order valence-corrected chi connectivity index (χ0v) is 28.5. The molecule has 1 amide bonds. The molecule has 240 valence electrons. The Balaban J connectivity index is 1.54. The molecule has 0 saturated heterocycles. The maximum atomic E-state index is 14.4. The number of fused-ring (bicyclic) bond motifs is 2. The van der Waals surface area contributed by atoms with Crippen LogP contribution in [0.15, 0.2) is 64.3 Å². The van der Waals surface area contributed by atoms with Crippen LogP contribution >= 0.6 is 0 Å². The lowest BCUT2D eigenvalue weighted by Crippen LogP contribution is -2.54. The highest BCUT2D eigenvalue weighted by atomic mass is 28.4. The fraction of sp³-hybridized carbons (Fsp3) is 0.441. The SMILES string of the molecule is COc1cc2c(cc1OCc1ccccc1)NCC1CC(c3cn(C)c(=O)n(C)c3=O)=C[C@@H](CO[Si](C)(C)C(C)(C)C)N1C2=O. The van der Waals surface area contributed by atoms with Gasteiger partial charge in [-0.15, -0.1) is 0 Å². The second-order valence-electron chi connectivity index (χ2n) is 13.4. The molecule has 2 aliphatic heterocycles. The molecule has 5 rings (SSSR count). The predicted molar refractivity (Wildman–Crippen MR) is 179 cm³/mol. The topological polar surface area (TPSA) is 104 Å². The number of ether oxygens (including phenoxy) is 2. The number of carbonyl (C=O) groups excluding carboxylic acids is 1. The zero-order valence-electron chi connectivity index (χ0n) is 27.5. The summed E-state index contributed by atoms with van der Waals surface area (Å²) < 4.78 is 21.0. The van der Waals surface area contributed by atoms with E-state index in [1.165, 1.54) is 11.6 Å². The number of rotatable bonds is 8. The molecule has 0 spiro atoms. The largest absolute Gasteiger partial charge is 0.493 e. The normalized spacial score (nSPS) is 18.4. The maximum Gasteiger partial charge on any atom is 0.330 e. The van der Waals surface area contributed by atoms with E-state index in [-0.39, 0.29) is 28.2 Å². The van der Waals surface area contributed by atoms with Crippen LogP contribution < -0.4 is 26.0 Å². The van der Waals surface area contributed by atoms with Crippen molar-refractivity contribution in [1.29, 1.82) is 0 Å². The van der Waals surface area contributed by atoms with Crippen molar-refractivity contribution in [2.24, 2.45) is 14.1 Å². The van der Waals surface area contributed by atoms with Gasteiger partial charge in [0.15, 0.2) is 19.8 Å². The van der Waals surface area contributed by atoms with E-state index in [1.54, 1.807) is 26.4 Å². The van der Waals surface area contributed by atoms with Crippen molar-refractivity contribution in [3.8, 4) is 11.5 Å². The van der Waals surface area contributed by atoms with Gasteiger partial charge >= 0.3 is 5.69 Å². The molecule has 2 aromatic carbocycles. The molecule has 1 N–H and O–H groups in total. The lowest BCUT2D eigenvalue weighted by atomic mass is 9.91. The highest BCUT2D eigenvalue weighted by Gasteiger charge is 2.42. The second-order valence-corrected chi connectivity index (χ2v) is 18.2. The smallest absolute Gasteiger partial charge is 0.330 e. The molecule has 3 aromatic rings. The predicted octanol–water partition coefficient (Wildman–Crippen LogP) is 4.79. The van der Waals surface area contributed by atoms with Crippen LogP contribution in [0.2, 0.25) is 18.1 Å². The molecular formula is C34H44N4O6Si. The summed E-state index contributed by atoms with van der Waals surface area (Å²) in [7, 11) is 2.51. The van der Waals surface area contributed by atoms with Gasteiger partial charge in [-0.1, -0.05) is 57.2 Å². The number of benzene rings is 2. The minimum atomic E-state index is -2.18. The van der Waals surface area contributed by atoms with E-state index in [4.69, 9.17) is 13.9 Å². The van der Waals surface area contributed by atoms with Crippen LogP contribution in [0.1, 0.15) is 48.7 Å². The molecule has 2 aliphatic rings. The van der Waals surface area contributed by atoms with Crippen molar-refractivity contribution in [3.05, 3.63) is 92.3 Å². The van der Waals surface area contributed by atoms with E-state index >= 15 is 0 Å². The maximum absolute atomic E-state index is 14.4. The first-order valence-electron chi connectivity index (χ1n) is 15.3. The van der Waals surface area contributed by atoms with Crippen LogP contribution in [0, 0.1) is 0 Å². The van der Waals surface area contributed by atoms with Gasteiger partial charge in [-0.2, -0.15) is 0 Å². The van der Waals surface area contributed by atoms with Gasteiger partial charge in [-0.25, -0.2) is 4.79 Å². The fourth-order valence-electron chi connectivity index (χ4n) is 5.62. The quantitative estimate of drug-likeness (QED) is 0.357. The number of hydrogen-bond acceptors (Lipinski definition) is 7. The number of aromatic nitrogens is 2. The average Bonchev–Trinajstić information content (AvgIpc) is 3.14. The van der Waals surface area contributed by atoms with Gasteiger partial charge in [0.05, 0.1) is 42.6 Å². The van der Waals surface area contributed by atoms with Crippen LogP contribution in [0.4, 0.5) is 5.69 Å². The Bertz CT molecular complexity index is 1740. The van der Waals surface area contributed by atoms with Gasteiger partial charge in [0.25, 0.3) is 11.5 Å². The fourth-order valence-corrected chi connectivity index (χ4v) is 6.64. The summed E-state index contributed by atoms with van der Waals surface area (Å²) in [4.78, 5) is 42.1. The molecule has 2 atom stereocenters. The van der Waals surface area contributed by atoms with Gasteiger partial charge in [-0.3, -0.25) is 14.2 Å². The minimum absolute atomic E-state index is 0.0261. The molecule has 3 heterocycles. The third-order valence-corrected chi connectivity index (χ3v) is 13.8. The van der Waals surface area contributed by atoms with Gasteiger partial charge in [0, 0.05) is 32.9 Å². The summed E-state index contributed by atoms with van der Waals surface area (Å²) in [6.45, 7) is 12.0. The minimum Gasteiger partial charge on any atom is -0.493 e. The van der Waals surface area contributed by atoms with Crippen molar-refractivity contribution < 1.29 is 18.7 Å². The van der Waals surface area contributed by atoms with Gasteiger partial charge in [-0.05, 0) is 41.8 Å². The van der Waals surface area contributed by atoms with Crippen LogP contribution in [0.3, 0.4) is 0 Å². The summed E-state index contributed by atoms with van der Waals surface area (Å²) in [5.41, 5.74) is 2.65.